The maximum atomic E-state index is 11.4. The fourth-order valence-corrected chi connectivity index (χ4v) is 3.24. The van der Waals surface area contributed by atoms with Gasteiger partial charge in [-0.3, -0.25) is 13.2 Å². The Morgan fingerprint density at radius 1 is 1.09 bits per heavy atom. The highest BCUT2D eigenvalue weighted by Crippen LogP contribution is 2.24. The molecule has 1 rings (SSSR count). The Kier molecular flexibility index (Phi) is 6.29. The van der Waals surface area contributed by atoms with Gasteiger partial charge in [0, 0.05) is 14.0 Å². The summed E-state index contributed by atoms with van der Waals surface area (Å²) in [5.74, 6) is -0.468. The van der Waals surface area contributed by atoms with E-state index >= 15 is 0 Å². The predicted molar refractivity (Wildman–Crippen MR) is 73.8 cm³/mol. The molecular weight excluding hydrogens is 342 g/mol. The number of carbonyl (C=O) groups excluding carboxylic acids is 1. The summed E-state index contributed by atoms with van der Waals surface area (Å²) in [6, 6.07) is -0.926. The molecule has 1 saturated heterocycles. The number of rotatable bonds is 6. The van der Waals surface area contributed by atoms with Crippen molar-refractivity contribution in [3.63, 3.8) is 0 Å². The van der Waals surface area contributed by atoms with E-state index in [1.165, 1.54) is 14.0 Å². The van der Waals surface area contributed by atoms with Crippen LogP contribution in [0.25, 0.3) is 0 Å². The Morgan fingerprint density at radius 3 is 2.00 bits per heavy atom. The van der Waals surface area contributed by atoms with E-state index in [1.54, 1.807) is 0 Å². The Hall–Kier alpha value is -0.790. The molecule has 10 nitrogen and oxygen atoms in total. The van der Waals surface area contributed by atoms with Crippen LogP contribution in [0.5, 0.6) is 0 Å². The van der Waals surface area contributed by atoms with Gasteiger partial charge in [0.2, 0.25) is 5.91 Å². The van der Waals surface area contributed by atoms with E-state index < -0.39 is 50.7 Å². The minimum absolute atomic E-state index is 0.137. The first-order valence-corrected chi connectivity index (χ1v) is 9.74. The molecular formula is C10H19NO9S2. The summed E-state index contributed by atoms with van der Waals surface area (Å²) in [6.07, 6.45) is -2.31. The Balaban J connectivity index is 3.16. The monoisotopic (exact) mass is 361 g/mol. The molecule has 1 fully saturated rings. The fraction of sp³-hybridized carbons (Fsp3) is 0.900. The summed E-state index contributed by atoms with van der Waals surface area (Å²) < 4.78 is 65.5. The number of hydrogen-bond donors (Lipinski definition) is 1. The molecule has 0 saturated carbocycles. The molecule has 0 bridgehead atoms. The molecule has 22 heavy (non-hydrogen) atoms. The second-order valence-electron chi connectivity index (χ2n) is 4.77. The molecule has 1 aliphatic heterocycles. The van der Waals surface area contributed by atoms with Gasteiger partial charge >= 0.3 is 0 Å². The molecule has 130 valence electrons. The molecule has 4 unspecified atom stereocenters. The number of ether oxygens (including phenoxy) is 2. The van der Waals surface area contributed by atoms with Crippen molar-refractivity contribution in [3.8, 4) is 0 Å². The van der Waals surface area contributed by atoms with E-state index in [2.05, 4.69) is 5.32 Å². The van der Waals surface area contributed by atoms with Gasteiger partial charge in [-0.05, 0) is 0 Å². The molecule has 12 heteroatoms. The zero-order chi connectivity index (χ0) is 17.1. The molecule has 0 radical (unpaired) electrons. The number of nitrogens with one attached hydrogen (secondary N) is 1. The van der Waals surface area contributed by atoms with Gasteiger partial charge in [-0.15, -0.1) is 0 Å². The van der Waals surface area contributed by atoms with Crippen molar-refractivity contribution in [1.29, 1.82) is 0 Å². The lowest BCUT2D eigenvalue weighted by Crippen LogP contribution is -2.61. The smallest absolute Gasteiger partial charge is 0.264 e. The van der Waals surface area contributed by atoms with Crippen LogP contribution in [0.4, 0.5) is 0 Å². The summed E-state index contributed by atoms with van der Waals surface area (Å²) in [7, 11) is -6.67. The van der Waals surface area contributed by atoms with Gasteiger partial charge in [0.25, 0.3) is 20.2 Å². The number of hydrogen-bond acceptors (Lipinski definition) is 9. The summed E-state index contributed by atoms with van der Waals surface area (Å²) in [5, 5.41) is 2.43. The average molecular weight is 361 g/mol. The fourth-order valence-electron chi connectivity index (χ4n) is 1.98. The summed E-state index contributed by atoms with van der Waals surface area (Å²) in [5.41, 5.74) is 0. The van der Waals surface area contributed by atoms with E-state index in [-0.39, 0.29) is 6.61 Å². The van der Waals surface area contributed by atoms with Crippen molar-refractivity contribution in [2.75, 3.05) is 26.2 Å². The van der Waals surface area contributed by atoms with Crippen LogP contribution in [0.15, 0.2) is 0 Å². The van der Waals surface area contributed by atoms with Crippen LogP contribution in [-0.4, -0.2) is 73.5 Å². The molecule has 1 amide bonds. The van der Waals surface area contributed by atoms with Crippen molar-refractivity contribution in [2.45, 2.75) is 31.5 Å². The minimum Gasteiger partial charge on any atom is -0.353 e. The molecule has 4 atom stereocenters. The van der Waals surface area contributed by atoms with E-state index in [0.717, 1.165) is 12.5 Å². The van der Waals surface area contributed by atoms with Gasteiger partial charge in [-0.2, -0.15) is 16.8 Å². The molecule has 1 N–H and O–H groups in total. The van der Waals surface area contributed by atoms with Crippen LogP contribution in [0, 0.1) is 0 Å². The molecule has 0 aromatic rings. The quantitative estimate of drug-likeness (QED) is 0.543. The largest absolute Gasteiger partial charge is 0.353 e. The van der Waals surface area contributed by atoms with Crippen LogP contribution < -0.4 is 5.32 Å². The van der Waals surface area contributed by atoms with Gasteiger partial charge in [0.15, 0.2) is 12.4 Å². The maximum Gasteiger partial charge on any atom is 0.264 e. The second kappa shape index (κ2) is 7.19. The van der Waals surface area contributed by atoms with Crippen LogP contribution in [0.1, 0.15) is 6.92 Å². The highest BCUT2D eigenvalue weighted by Gasteiger charge is 2.46. The summed E-state index contributed by atoms with van der Waals surface area (Å²) >= 11 is 0. The van der Waals surface area contributed by atoms with E-state index in [0.29, 0.717) is 0 Å². The molecule has 0 aliphatic carbocycles. The number of methoxy groups -OCH3 is 1. The number of carbonyl (C=O) groups is 1. The topological polar surface area (TPSA) is 134 Å². The van der Waals surface area contributed by atoms with Crippen molar-refractivity contribution < 1.29 is 39.5 Å². The lowest BCUT2D eigenvalue weighted by atomic mass is 10.0. The lowest BCUT2D eigenvalue weighted by Gasteiger charge is -2.40. The van der Waals surface area contributed by atoms with Gasteiger partial charge in [-0.1, -0.05) is 0 Å². The van der Waals surface area contributed by atoms with Crippen LogP contribution >= 0.6 is 0 Å². The standard InChI is InChI=1S/C10H19NO9S2/c1-6(12)11-7-5-18-10(17-2)9(20-22(4,15)16)8(7)19-21(3,13)14/h7-10H,5H2,1-4H3,(H,11,12). The Bertz CT molecular complexity index is 600. The third-order valence-corrected chi connectivity index (χ3v) is 3.77. The minimum atomic E-state index is -3.95. The molecule has 1 aliphatic rings. The molecule has 0 aromatic carbocycles. The van der Waals surface area contributed by atoms with E-state index in [1.807, 2.05) is 0 Å². The van der Waals surface area contributed by atoms with Crippen molar-refractivity contribution in [3.05, 3.63) is 0 Å². The van der Waals surface area contributed by atoms with Gasteiger partial charge in [0.1, 0.15) is 6.10 Å². The van der Waals surface area contributed by atoms with Crippen LogP contribution in [-0.2, 0) is 42.9 Å². The predicted octanol–water partition coefficient (Wildman–Crippen LogP) is -1.82. The van der Waals surface area contributed by atoms with Gasteiger partial charge in [0.05, 0.1) is 25.2 Å². The summed E-state index contributed by atoms with van der Waals surface area (Å²) in [6.45, 7) is 1.08. The van der Waals surface area contributed by atoms with Crippen molar-refractivity contribution in [1.82, 2.24) is 5.32 Å². The normalized spacial score (nSPS) is 30.0. The Labute approximate surface area is 129 Å². The zero-order valence-electron chi connectivity index (χ0n) is 12.5. The Morgan fingerprint density at radius 2 is 1.59 bits per heavy atom. The lowest BCUT2D eigenvalue weighted by molar-refractivity contribution is -0.227. The summed E-state index contributed by atoms with van der Waals surface area (Å²) in [4.78, 5) is 11.2. The third kappa shape index (κ3) is 6.14. The third-order valence-electron chi connectivity index (χ3n) is 2.62. The number of amides is 1. The van der Waals surface area contributed by atoms with Crippen molar-refractivity contribution in [2.24, 2.45) is 0 Å². The van der Waals surface area contributed by atoms with Crippen molar-refractivity contribution >= 4 is 26.1 Å². The maximum absolute atomic E-state index is 11.4. The van der Waals surface area contributed by atoms with Crippen LogP contribution in [0.2, 0.25) is 0 Å². The second-order valence-corrected chi connectivity index (χ2v) is 7.98. The average Bonchev–Trinajstić information content (AvgIpc) is 2.29. The molecule has 1 heterocycles. The van der Waals surface area contributed by atoms with Gasteiger partial charge in [-0.25, -0.2) is 0 Å². The first kappa shape index (κ1) is 19.3. The van der Waals surface area contributed by atoms with Gasteiger partial charge < -0.3 is 14.8 Å². The first-order chi connectivity index (χ1) is 9.93. The van der Waals surface area contributed by atoms with Crippen LogP contribution in [0.3, 0.4) is 0 Å². The van der Waals surface area contributed by atoms with E-state index in [9.17, 15) is 21.6 Å². The van der Waals surface area contributed by atoms with E-state index in [4.69, 9.17) is 17.8 Å². The highest BCUT2D eigenvalue weighted by molar-refractivity contribution is 7.86. The molecule has 0 spiro atoms. The molecule has 0 aromatic heterocycles. The zero-order valence-corrected chi connectivity index (χ0v) is 14.1. The SMILES string of the molecule is COC1OCC(NC(C)=O)C(OS(C)(=O)=O)C1OS(C)(=O)=O. The highest BCUT2D eigenvalue weighted by atomic mass is 32.2. The first-order valence-electron chi connectivity index (χ1n) is 6.11.